The fourth-order valence-electron chi connectivity index (χ4n) is 2.84. The Balaban J connectivity index is 2.45. The van der Waals surface area contributed by atoms with Crippen LogP contribution in [0, 0.1) is 0 Å². The first kappa shape index (κ1) is 19.5. The van der Waals surface area contributed by atoms with Crippen molar-refractivity contribution in [3.8, 4) is 5.75 Å². The highest BCUT2D eigenvalue weighted by Gasteiger charge is 2.21. The first-order valence-electron chi connectivity index (χ1n) is 8.18. The van der Waals surface area contributed by atoms with E-state index in [9.17, 15) is 9.59 Å². The second-order valence-corrected chi connectivity index (χ2v) is 6.42. The topological polar surface area (TPSA) is 69.6 Å². The highest BCUT2D eigenvalue weighted by molar-refractivity contribution is 9.10. The predicted molar refractivity (Wildman–Crippen MR) is 100 cm³/mol. The van der Waals surface area contributed by atoms with E-state index in [1.165, 1.54) is 0 Å². The normalized spacial score (nSPS) is 10.9. The molecule has 1 N–H and O–H groups in total. The van der Waals surface area contributed by atoms with E-state index in [2.05, 4.69) is 21.2 Å². The quantitative estimate of drug-likeness (QED) is 0.534. The number of ether oxygens (including phenoxy) is 2. The Morgan fingerprint density at radius 3 is 2.60 bits per heavy atom. The van der Waals surface area contributed by atoms with Crippen LogP contribution in [0.25, 0.3) is 10.9 Å². The van der Waals surface area contributed by atoms with Crippen molar-refractivity contribution >= 4 is 38.6 Å². The summed E-state index contributed by atoms with van der Waals surface area (Å²) in [6.45, 7) is 4.45. The van der Waals surface area contributed by atoms with Gasteiger partial charge in [-0.15, -0.1) is 0 Å². The number of hydrogen-bond donors (Lipinski definition) is 1. The molecule has 25 heavy (non-hydrogen) atoms. The molecular formula is C18H23BrN2O4. The summed E-state index contributed by atoms with van der Waals surface area (Å²) in [5, 5.41) is 3.91. The molecule has 0 saturated heterocycles. The van der Waals surface area contributed by atoms with Gasteiger partial charge in [0.1, 0.15) is 5.75 Å². The van der Waals surface area contributed by atoms with Crippen LogP contribution in [0.2, 0.25) is 0 Å². The molecule has 0 unspecified atom stereocenters. The molecule has 0 amide bonds. The van der Waals surface area contributed by atoms with Crippen LogP contribution < -0.4 is 10.1 Å². The number of rotatable bonds is 8. The second-order valence-electron chi connectivity index (χ2n) is 5.57. The minimum atomic E-state index is -0.311. The summed E-state index contributed by atoms with van der Waals surface area (Å²) in [5.41, 5.74) is 2.44. The maximum absolute atomic E-state index is 12.6. The monoisotopic (exact) mass is 410 g/mol. The molecule has 0 aliphatic heterocycles. The number of Topliss-reactive ketones (excluding diaryl/α,β-unsaturated/α-hetero) is 1. The largest absolute Gasteiger partial charge is 0.496 e. The van der Waals surface area contributed by atoms with Crippen molar-refractivity contribution in [3.05, 3.63) is 27.9 Å². The lowest BCUT2D eigenvalue weighted by molar-refractivity contribution is -0.142. The molecule has 1 heterocycles. The van der Waals surface area contributed by atoms with Gasteiger partial charge in [-0.1, -0.05) is 6.92 Å². The van der Waals surface area contributed by atoms with Crippen molar-refractivity contribution < 1.29 is 19.1 Å². The molecule has 2 rings (SSSR count). The van der Waals surface area contributed by atoms with Gasteiger partial charge in [0.2, 0.25) is 0 Å². The smallest absolute Gasteiger partial charge is 0.319 e. The third-order valence-corrected chi connectivity index (χ3v) is 4.68. The van der Waals surface area contributed by atoms with Crippen molar-refractivity contribution in [2.75, 3.05) is 20.3 Å². The standard InChI is InChI=1S/C18H23BrN2O4/c1-5-15(22)18-11-7-16(24-4)12(19)8-13(11)21(3)14(18)9-20-10-17(23)25-6-2/h7-8,20H,5-6,9-10H2,1-4H3. The number of carbonyl (C=O) groups excluding carboxylic acids is 2. The van der Waals surface area contributed by atoms with Crippen LogP contribution in [-0.2, 0) is 23.1 Å². The minimum absolute atomic E-state index is 0.0583. The molecule has 1 aromatic carbocycles. The van der Waals surface area contributed by atoms with Gasteiger partial charge in [0.05, 0.1) is 30.3 Å². The summed E-state index contributed by atoms with van der Waals surface area (Å²) in [6, 6.07) is 3.81. The Morgan fingerprint density at radius 1 is 1.28 bits per heavy atom. The van der Waals surface area contributed by atoms with Gasteiger partial charge in [-0.3, -0.25) is 9.59 Å². The summed E-state index contributed by atoms with van der Waals surface area (Å²) in [4.78, 5) is 24.1. The van der Waals surface area contributed by atoms with E-state index >= 15 is 0 Å². The van der Waals surface area contributed by atoms with Crippen LogP contribution >= 0.6 is 15.9 Å². The van der Waals surface area contributed by atoms with Crippen molar-refractivity contribution in [3.63, 3.8) is 0 Å². The number of carbonyl (C=O) groups is 2. The molecule has 7 heteroatoms. The maximum Gasteiger partial charge on any atom is 0.319 e. The van der Waals surface area contributed by atoms with Crippen LogP contribution in [-0.4, -0.2) is 36.6 Å². The molecule has 136 valence electrons. The molecular weight excluding hydrogens is 388 g/mol. The summed E-state index contributed by atoms with van der Waals surface area (Å²) >= 11 is 3.49. The van der Waals surface area contributed by atoms with Gasteiger partial charge in [0, 0.05) is 36.7 Å². The Bertz CT molecular complexity index is 798. The lowest BCUT2D eigenvalue weighted by Crippen LogP contribution is -2.26. The third-order valence-electron chi connectivity index (χ3n) is 4.06. The van der Waals surface area contributed by atoms with E-state index in [0.717, 1.165) is 21.1 Å². The molecule has 0 saturated carbocycles. The average Bonchev–Trinajstić information content (AvgIpc) is 2.85. The van der Waals surface area contributed by atoms with Crippen LogP contribution in [0.5, 0.6) is 5.75 Å². The number of methoxy groups -OCH3 is 1. The number of hydrogen-bond acceptors (Lipinski definition) is 5. The van der Waals surface area contributed by atoms with Crippen molar-refractivity contribution in [1.29, 1.82) is 0 Å². The van der Waals surface area contributed by atoms with Crippen LogP contribution in [0.15, 0.2) is 16.6 Å². The zero-order valence-electron chi connectivity index (χ0n) is 14.9. The average molecular weight is 411 g/mol. The lowest BCUT2D eigenvalue weighted by atomic mass is 10.0. The molecule has 6 nitrogen and oxygen atoms in total. The number of ketones is 1. The second kappa shape index (κ2) is 8.49. The van der Waals surface area contributed by atoms with Crippen molar-refractivity contribution in [2.45, 2.75) is 26.8 Å². The number of halogens is 1. The summed E-state index contributed by atoms with van der Waals surface area (Å²) < 4.78 is 13.1. The number of fused-ring (bicyclic) bond motifs is 1. The van der Waals surface area contributed by atoms with Gasteiger partial charge in [0.15, 0.2) is 5.78 Å². The van der Waals surface area contributed by atoms with E-state index in [-0.39, 0.29) is 18.3 Å². The van der Waals surface area contributed by atoms with Crippen LogP contribution in [0.1, 0.15) is 36.3 Å². The Kier molecular flexibility index (Phi) is 6.61. The number of esters is 1. The van der Waals surface area contributed by atoms with E-state index < -0.39 is 0 Å². The highest BCUT2D eigenvalue weighted by Crippen LogP contribution is 2.35. The lowest BCUT2D eigenvalue weighted by Gasteiger charge is -2.08. The number of nitrogens with one attached hydrogen (secondary N) is 1. The molecule has 0 spiro atoms. The first-order valence-corrected chi connectivity index (χ1v) is 8.98. The fraction of sp³-hybridized carbons (Fsp3) is 0.444. The SMILES string of the molecule is CCOC(=O)CNCc1c(C(=O)CC)c2cc(OC)c(Br)cc2n1C. The molecule has 0 atom stereocenters. The molecule has 0 bridgehead atoms. The van der Waals surface area contributed by atoms with Crippen LogP contribution in [0.4, 0.5) is 0 Å². The van der Waals surface area contributed by atoms with Gasteiger partial charge < -0.3 is 19.4 Å². The summed E-state index contributed by atoms with van der Waals surface area (Å²) in [6.07, 6.45) is 0.405. The van der Waals surface area contributed by atoms with Gasteiger partial charge in [-0.05, 0) is 35.0 Å². The van der Waals surface area contributed by atoms with E-state index in [0.29, 0.717) is 30.9 Å². The highest BCUT2D eigenvalue weighted by atomic mass is 79.9. The number of benzene rings is 1. The molecule has 0 aliphatic rings. The molecule has 2 aromatic rings. The Morgan fingerprint density at radius 2 is 2.00 bits per heavy atom. The van der Waals surface area contributed by atoms with E-state index in [1.807, 2.05) is 30.7 Å². The minimum Gasteiger partial charge on any atom is -0.496 e. The van der Waals surface area contributed by atoms with Crippen molar-refractivity contribution in [1.82, 2.24) is 9.88 Å². The van der Waals surface area contributed by atoms with Gasteiger partial charge in [-0.2, -0.15) is 0 Å². The molecule has 0 aliphatic carbocycles. The van der Waals surface area contributed by atoms with Crippen molar-refractivity contribution in [2.24, 2.45) is 7.05 Å². The first-order chi connectivity index (χ1) is 11.9. The molecule has 1 aromatic heterocycles. The fourth-order valence-corrected chi connectivity index (χ4v) is 3.33. The molecule has 0 fully saturated rings. The maximum atomic E-state index is 12.6. The van der Waals surface area contributed by atoms with Gasteiger partial charge in [-0.25, -0.2) is 0 Å². The third kappa shape index (κ3) is 4.04. The summed E-state index contributed by atoms with van der Waals surface area (Å²) in [5.74, 6) is 0.422. The number of aromatic nitrogens is 1. The van der Waals surface area contributed by atoms with E-state index in [4.69, 9.17) is 9.47 Å². The number of aryl methyl sites for hydroxylation is 1. The Labute approximate surface area is 155 Å². The zero-order valence-corrected chi connectivity index (χ0v) is 16.5. The van der Waals surface area contributed by atoms with E-state index in [1.54, 1.807) is 14.0 Å². The van der Waals surface area contributed by atoms with Gasteiger partial charge in [0.25, 0.3) is 0 Å². The number of nitrogens with zero attached hydrogens (tertiary/aromatic N) is 1. The Hall–Kier alpha value is -1.86. The summed E-state index contributed by atoms with van der Waals surface area (Å²) in [7, 11) is 3.51. The predicted octanol–water partition coefficient (Wildman–Crippen LogP) is 3.19. The molecule has 0 radical (unpaired) electrons. The van der Waals surface area contributed by atoms with Gasteiger partial charge >= 0.3 is 5.97 Å². The van der Waals surface area contributed by atoms with Crippen LogP contribution in [0.3, 0.4) is 0 Å². The zero-order chi connectivity index (χ0) is 18.6.